The van der Waals surface area contributed by atoms with Gasteiger partial charge in [-0.3, -0.25) is 0 Å². The van der Waals surface area contributed by atoms with E-state index >= 15 is 0 Å². The summed E-state index contributed by atoms with van der Waals surface area (Å²) in [5.74, 6) is 0.821. The Morgan fingerprint density at radius 1 is 1.05 bits per heavy atom. The summed E-state index contributed by atoms with van der Waals surface area (Å²) in [5.41, 5.74) is 1.81. The van der Waals surface area contributed by atoms with Crippen LogP contribution in [0.2, 0.25) is 10.0 Å². The zero-order chi connectivity index (χ0) is 14.8. The Kier molecular flexibility index (Phi) is 3.99. The minimum absolute atomic E-state index is 0.548. The van der Waals surface area contributed by atoms with Crippen LogP contribution >= 0.6 is 23.2 Å². The number of rotatable bonds is 4. The first-order valence-corrected chi connectivity index (χ1v) is 7.34. The van der Waals surface area contributed by atoms with E-state index in [4.69, 9.17) is 23.2 Å². The van der Waals surface area contributed by atoms with Gasteiger partial charge in [-0.2, -0.15) is 0 Å². The van der Waals surface area contributed by atoms with Gasteiger partial charge in [0.25, 0.3) is 0 Å². The number of halogens is 2. The summed E-state index contributed by atoms with van der Waals surface area (Å²) in [5, 5.41) is 1.13. The fraction of sp³-hybridized carbons (Fsp3) is 0.200. The smallest absolute Gasteiger partial charge is 0.141 e. The summed E-state index contributed by atoms with van der Waals surface area (Å²) in [6.45, 7) is 3.54. The molecule has 1 aromatic carbocycles. The van der Waals surface area contributed by atoms with Crippen LogP contribution in [0.5, 0.6) is 0 Å². The normalized spacial score (nSPS) is 11.0. The Morgan fingerprint density at radius 3 is 2.67 bits per heavy atom. The molecule has 0 aliphatic carbocycles. The lowest BCUT2D eigenvalue weighted by Gasteiger charge is -2.11. The van der Waals surface area contributed by atoms with Crippen LogP contribution in [-0.2, 0) is 13.1 Å². The molecule has 0 spiro atoms. The molecule has 6 heteroatoms. The molecule has 0 saturated carbocycles. The molecule has 0 atom stereocenters. The highest BCUT2D eigenvalue weighted by Gasteiger charge is 2.13. The minimum atomic E-state index is 0.548. The summed E-state index contributed by atoms with van der Waals surface area (Å²) in [6, 6.07) is 3.91. The lowest BCUT2D eigenvalue weighted by Crippen LogP contribution is -2.06. The van der Waals surface area contributed by atoms with Gasteiger partial charge in [0.2, 0.25) is 0 Å². The van der Waals surface area contributed by atoms with Crippen molar-refractivity contribution in [2.24, 2.45) is 0 Å². The fourth-order valence-corrected chi connectivity index (χ4v) is 2.66. The molecule has 0 N–H and O–H groups in total. The van der Waals surface area contributed by atoms with Gasteiger partial charge >= 0.3 is 0 Å². The standard InChI is InChI=1S/C15H14Cl2N4/c1-11-2-3-12(14(17)13(11)16)15-19-5-7-21(15)9-8-20-6-4-18-10-20/h2-7,10H,8-9H2,1H3. The van der Waals surface area contributed by atoms with Crippen LogP contribution in [0.4, 0.5) is 0 Å². The number of benzene rings is 1. The van der Waals surface area contributed by atoms with Crippen LogP contribution < -0.4 is 0 Å². The molecular formula is C15H14Cl2N4. The first-order valence-electron chi connectivity index (χ1n) is 6.58. The van der Waals surface area contributed by atoms with Crippen LogP contribution in [0.25, 0.3) is 11.4 Å². The second-order valence-corrected chi connectivity index (χ2v) is 5.56. The molecule has 21 heavy (non-hydrogen) atoms. The van der Waals surface area contributed by atoms with Crippen molar-refractivity contribution in [1.82, 2.24) is 19.1 Å². The third-order valence-electron chi connectivity index (χ3n) is 3.39. The maximum absolute atomic E-state index is 6.36. The molecule has 0 aliphatic heterocycles. The number of imidazole rings is 2. The van der Waals surface area contributed by atoms with E-state index in [0.717, 1.165) is 30.0 Å². The highest BCUT2D eigenvalue weighted by molar-refractivity contribution is 6.44. The summed E-state index contributed by atoms with van der Waals surface area (Å²) in [6.07, 6.45) is 9.22. The predicted molar refractivity (Wildman–Crippen MR) is 84.6 cm³/mol. The summed E-state index contributed by atoms with van der Waals surface area (Å²) in [7, 11) is 0. The highest BCUT2D eigenvalue weighted by Crippen LogP contribution is 2.34. The molecule has 3 aromatic rings. The van der Waals surface area contributed by atoms with Crippen molar-refractivity contribution in [2.75, 3.05) is 0 Å². The van der Waals surface area contributed by atoms with Gasteiger partial charge in [-0.15, -0.1) is 0 Å². The zero-order valence-corrected chi connectivity index (χ0v) is 13.0. The SMILES string of the molecule is Cc1ccc(-c2nccn2CCn2ccnc2)c(Cl)c1Cl. The van der Waals surface area contributed by atoms with Crippen molar-refractivity contribution in [1.29, 1.82) is 0 Å². The molecule has 2 heterocycles. The number of nitrogens with zero attached hydrogens (tertiary/aromatic N) is 4. The monoisotopic (exact) mass is 320 g/mol. The molecular weight excluding hydrogens is 307 g/mol. The van der Waals surface area contributed by atoms with Gasteiger partial charge < -0.3 is 9.13 Å². The third kappa shape index (κ3) is 2.82. The fourth-order valence-electron chi connectivity index (χ4n) is 2.19. The van der Waals surface area contributed by atoms with Gasteiger partial charge in [-0.1, -0.05) is 29.3 Å². The van der Waals surface area contributed by atoms with E-state index in [1.165, 1.54) is 0 Å². The maximum atomic E-state index is 6.36. The minimum Gasteiger partial charge on any atom is -0.336 e. The number of aryl methyl sites for hydroxylation is 3. The topological polar surface area (TPSA) is 35.6 Å². The van der Waals surface area contributed by atoms with Gasteiger partial charge in [0.05, 0.1) is 16.4 Å². The van der Waals surface area contributed by atoms with Gasteiger partial charge in [0, 0.05) is 43.4 Å². The van der Waals surface area contributed by atoms with Crippen molar-refractivity contribution in [3.8, 4) is 11.4 Å². The van der Waals surface area contributed by atoms with Gasteiger partial charge in [-0.25, -0.2) is 9.97 Å². The largest absolute Gasteiger partial charge is 0.336 e. The second kappa shape index (κ2) is 5.92. The molecule has 0 unspecified atom stereocenters. The van der Waals surface area contributed by atoms with Crippen molar-refractivity contribution in [3.63, 3.8) is 0 Å². The van der Waals surface area contributed by atoms with E-state index in [0.29, 0.717) is 10.0 Å². The van der Waals surface area contributed by atoms with Gasteiger partial charge in [-0.05, 0) is 18.6 Å². The van der Waals surface area contributed by atoms with Crippen molar-refractivity contribution >= 4 is 23.2 Å². The number of aromatic nitrogens is 4. The predicted octanol–water partition coefficient (Wildman–Crippen LogP) is 4.06. The maximum Gasteiger partial charge on any atom is 0.141 e. The summed E-state index contributed by atoms with van der Waals surface area (Å²) >= 11 is 12.6. The van der Waals surface area contributed by atoms with Crippen molar-refractivity contribution in [3.05, 3.63) is 58.9 Å². The molecule has 4 nitrogen and oxygen atoms in total. The molecule has 0 bridgehead atoms. The Balaban J connectivity index is 1.90. The van der Waals surface area contributed by atoms with Gasteiger partial charge in [0.15, 0.2) is 0 Å². The van der Waals surface area contributed by atoms with Crippen LogP contribution in [-0.4, -0.2) is 19.1 Å². The summed E-state index contributed by atoms with van der Waals surface area (Å²) < 4.78 is 4.08. The second-order valence-electron chi connectivity index (χ2n) is 4.80. The van der Waals surface area contributed by atoms with Crippen LogP contribution in [0.1, 0.15) is 5.56 Å². The zero-order valence-electron chi connectivity index (χ0n) is 11.5. The summed E-state index contributed by atoms with van der Waals surface area (Å²) in [4.78, 5) is 8.45. The molecule has 0 aliphatic rings. The quantitative estimate of drug-likeness (QED) is 0.726. The highest BCUT2D eigenvalue weighted by atomic mass is 35.5. The van der Waals surface area contributed by atoms with Crippen molar-refractivity contribution < 1.29 is 0 Å². The number of hydrogen-bond donors (Lipinski definition) is 0. The third-order valence-corrected chi connectivity index (χ3v) is 4.37. The first kappa shape index (κ1) is 14.2. The average Bonchev–Trinajstić information content (AvgIpc) is 3.14. The van der Waals surface area contributed by atoms with Crippen LogP contribution in [0.15, 0.2) is 43.2 Å². The molecule has 0 radical (unpaired) electrons. The Hall–Kier alpha value is -1.78. The average molecular weight is 321 g/mol. The Morgan fingerprint density at radius 2 is 1.90 bits per heavy atom. The number of hydrogen-bond acceptors (Lipinski definition) is 2. The lowest BCUT2D eigenvalue weighted by atomic mass is 10.1. The van der Waals surface area contributed by atoms with Crippen molar-refractivity contribution in [2.45, 2.75) is 20.0 Å². The van der Waals surface area contributed by atoms with E-state index in [9.17, 15) is 0 Å². The molecule has 3 rings (SSSR count). The molecule has 0 saturated heterocycles. The Labute approximate surface area is 133 Å². The Bertz CT molecular complexity index is 747. The molecule has 2 aromatic heterocycles. The van der Waals surface area contributed by atoms with E-state index in [1.807, 2.05) is 36.0 Å². The molecule has 108 valence electrons. The first-order chi connectivity index (χ1) is 10.2. The lowest BCUT2D eigenvalue weighted by molar-refractivity contribution is 0.582. The van der Waals surface area contributed by atoms with E-state index in [2.05, 4.69) is 14.5 Å². The van der Waals surface area contributed by atoms with E-state index in [-0.39, 0.29) is 0 Å². The van der Waals surface area contributed by atoms with E-state index < -0.39 is 0 Å². The van der Waals surface area contributed by atoms with Crippen LogP contribution in [0, 0.1) is 6.92 Å². The van der Waals surface area contributed by atoms with E-state index in [1.54, 1.807) is 18.7 Å². The molecule has 0 fully saturated rings. The van der Waals surface area contributed by atoms with Gasteiger partial charge in [0.1, 0.15) is 5.82 Å². The van der Waals surface area contributed by atoms with Crippen LogP contribution in [0.3, 0.4) is 0 Å². The molecule has 0 amide bonds.